The number of ether oxygens (including phenoxy) is 1. The molecule has 0 spiro atoms. The van der Waals surface area contributed by atoms with E-state index < -0.39 is 0 Å². The first-order chi connectivity index (χ1) is 8.31. The van der Waals surface area contributed by atoms with Gasteiger partial charge in [0.1, 0.15) is 0 Å². The molecule has 0 aliphatic rings. The van der Waals surface area contributed by atoms with E-state index in [-0.39, 0.29) is 0 Å². The van der Waals surface area contributed by atoms with E-state index in [1.165, 1.54) is 11.1 Å². The van der Waals surface area contributed by atoms with E-state index in [1.807, 2.05) is 0 Å². The minimum absolute atomic E-state index is 0.450. The first kappa shape index (κ1) is 14.2. The Morgan fingerprint density at radius 2 is 2.00 bits per heavy atom. The maximum atomic E-state index is 5.83. The summed E-state index contributed by atoms with van der Waals surface area (Å²) in [6.07, 6.45) is 1.09. The van der Waals surface area contributed by atoms with Crippen LogP contribution >= 0.6 is 0 Å². The molecule has 1 aromatic rings. The van der Waals surface area contributed by atoms with Crippen molar-refractivity contribution in [2.75, 3.05) is 26.7 Å². The quantitative estimate of drug-likeness (QED) is 0.677. The summed E-state index contributed by atoms with van der Waals surface area (Å²) in [5.74, 6) is 0.450. The van der Waals surface area contributed by atoms with E-state index >= 15 is 0 Å². The van der Waals surface area contributed by atoms with Crippen LogP contribution in [0.2, 0.25) is 0 Å². The molecule has 0 bridgehead atoms. The van der Waals surface area contributed by atoms with Gasteiger partial charge in [-0.1, -0.05) is 31.2 Å². The van der Waals surface area contributed by atoms with Gasteiger partial charge in [-0.25, -0.2) is 0 Å². The zero-order valence-electron chi connectivity index (χ0n) is 10.9. The standard InChI is InChI=1S/C14H24N2O/c1-3-16-9-8-14(10-15)13-6-4-12(5-7-13)11-17-2/h4-7,14,16H,3,8-11,15H2,1-2H3. The van der Waals surface area contributed by atoms with Gasteiger partial charge in [-0.15, -0.1) is 0 Å². The Morgan fingerprint density at radius 1 is 1.29 bits per heavy atom. The lowest BCUT2D eigenvalue weighted by Crippen LogP contribution is -2.21. The van der Waals surface area contributed by atoms with Crippen LogP contribution in [0.4, 0.5) is 0 Å². The highest BCUT2D eigenvalue weighted by Crippen LogP contribution is 2.18. The molecular weight excluding hydrogens is 212 g/mol. The van der Waals surface area contributed by atoms with Crippen LogP contribution in [0.15, 0.2) is 24.3 Å². The third kappa shape index (κ3) is 4.86. The maximum Gasteiger partial charge on any atom is 0.0713 e. The Kier molecular flexibility index (Phi) is 6.86. The molecule has 1 rings (SSSR count). The zero-order chi connectivity index (χ0) is 12.5. The smallest absolute Gasteiger partial charge is 0.0713 e. The second-order valence-corrected chi connectivity index (χ2v) is 4.25. The third-order valence-corrected chi connectivity index (χ3v) is 2.97. The normalized spacial score (nSPS) is 12.6. The molecule has 0 aromatic heterocycles. The van der Waals surface area contributed by atoms with Crippen LogP contribution in [0.3, 0.4) is 0 Å². The van der Waals surface area contributed by atoms with Crippen molar-refractivity contribution in [1.82, 2.24) is 5.32 Å². The summed E-state index contributed by atoms with van der Waals surface area (Å²) in [5.41, 5.74) is 8.36. The van der Waals surface area contributed by atoms with Gasteiger partial charge in [0.2, 0.25) is 0 Å². The van der Waals surface area contributed by atoms with Gasteiger partial charge in [-0.3, -0.25) is 0 Å². The Morgan fingerprint density at radius 3 is 2.53 bits per heavy atom. The molecule has 0 saturated heterocycles. The number of nitrogens with two attached hydrogens (primary N) is 1. The Labute approximate surface area is 104 Å². The van der Waals surface area contributed by atoms with Gasteiger partial charge in [-0.05, 0) is 43.1 Å². The molecule has 0 radical (unpaired) electrons. The lowest BCUT2D eigenvalue weighted by Gasteiger charge is -2.15. The summed E-state index contributed by atoms with van der Waals surface area (Å²) in [4.78, 5) is 0. The number of hydrogen-bond acceptors (Lipinski definition) is 3. The van der Waals surface area contributed by atoms with E-state index in [9.17, 15) is 0 Å². The maximum absolute atomic E-state index is 5.83. The van der Waals surface area contributed by atoms with Crippen LogP contribution in [0.25, 0.3) is 0 Å². The van der Waals surface area contributed by atoms with E-state index in [2.05, 4.69) is 36.5 Å². The fourth-order valence-corrected chi connectivity index (χ4v) is 1.93. The van der Waals surface area contributed by atoms with Crippen LogP contribution < -0.4 is 11.1 Å². The predicted octanol–water partition coefficient (Wildman–Crippen LogP) is 1.87. The molecule has 17 heavy (non-hydrogen) atoms. The predicted molar refractivity (Wildman–Crippen MR) is 72.1 cm³/mol. The Balaban J connectivity index is 2.55. The summed E-state index contributed by atoms with van der Waals surface area (Å²) in [7, 11) is 1.72. The van der Waals surface area contributed by atoms with Crippen molar-refractivity contribution in [2.24, 2.45) is 5.73 Å². The lowest BCUT2D eigenvalue weighted by atomic mass is 9.95. The van der Waals surface area contributed by atoms with Crippen molar-refractivity contribution >= 4 is 0 Å². The van der Waals surface area contributed by atoms with Gasteiger partial charge in [0.05, 0.1) is 6.61 Å². The molecule has 0 aliphatic carbocycles. The molecule has 0 heterocycles. The van der Waals surface area contributed by atoms with Crippen LogP contribution in [0.1, 0.15) is 30.4 Å². The largest absolute Gasteiger partial charge is 0.380 e. The van der Waals surface area contributed by atoms with Gasteiger partial charge in [0.15, 0.2) is 0 Å². The summed E-state index contributed by atoms with van der Waals surface area (Å²) in [6.45, 7) is 5.54. The highest BCUT2D eigenvalue weighted by molar-refractivity contribution is 5.25. The number of hydrogen-bond donors (Lipinski definition) is 2. The summed E-state index contributed by atoms with van der Waals surface area (Å²) in [6, 6.07) is 8.57. The molecule has 3 heteroatoms. The SMILES string of the molecule is CCNCCC(CN)c1ccc(COC)cc1. The Hall–Kier alpha value is -0.900. The number of rotatable bonds is 8. The molecule has 0 saturated carbocycles. The van der Waals surface area contributed by atoms with Gasteiger partial charge in [0, 0.05) is 7.11 Å². The van der Waals surface area contributed by atoms with Crippen molar-refractivity contribution in [2.45, 2.75) is 25.9 Å². The third-order valence-electron chi connectivity index (χ3n) is 2.97. The number of nitrogens with one attached hydrogen (secondary N) is 1. The molecule has 1 unspecified atom stereocenters. The topological polar surface area (TPSA) is 47.3 Å². The van der Waals surface area contributed by atoms with E-state index in [0.717, 1.165) is 19.5 Å². The molecule has 3 nitrogen and oxygen atoms in total. The van der Waals surface area contributed by atoms with Crippen molar-refractivity contribution in [3.8, 4) is 0 Å². The zero-order valence-corrected chi connectivity index (χ0v) is 10.9. The minimum atomic E-state index is 0.450. The molecule has 96 valence electrons. The van der Waals surface area contributed by atoms with Crippen molar-refractivity contribution in [3.05, 3.63) is 35.4 Å². The highest BCUT2D eigenvalue weighted by Gasteiger charge is 2.08. The monoisotopic (exact) mass is 236 g/mol. The van der Waals surface area contributed by atoms with E-state index in [1.54, 1.807) is 7.11 Å². The Bertz CT molecular complexity index is 298. The average molecular weight is 236 g/mol. The number of methoxy groups -OCH3 is 1. The van der Waals surface area contributed by atoms with Crippen LogP contribution in [0.5, 0.6) is 0 Å². The molecule has 0 fully saturated rings. The molecule has 1 atom stereocenters. The number of benzene rings is 1. The van der Waals surface area contributed by atoms with Gasteiger partial charge < -0.3 is 15.8 Å². The summed E-state index contributed by atoms with van der Waals surface area (Å²) in [5, 5.41) is 3.34. The van der Waals surface area contributed by atoms with Crippen molar-refractivity contribution in [3.63, 3.8) is 0 Å². The fraction of sp³-hybridized carbons (Fsp3) is 0.571. The van der Waals surface area contributed by atoms with Gasteiger partial charge >= 0.3 is 0 Å². The second-order valence-electron chi connectivity index (χ2n) is 4.25. The summed E-state index contributed by atoms with van der Waals surface area (Å²) >= 11 is 0. The highest BCUT2D eigenvalue weighted by atomic mass is 16.5. The lowest BCUT2D eigenvalue weighted by molar-refractivity contribution is 0.185. The van der Waals surface area contributed by atoms with Crippen LogP contribution in [0, 0.1) is 0 Å². The van der Waals surface area contributed by atoms with Crippen LogP contribution in [-0.4, -0.2) is 26.7 Å². The first-order valence-electron chi connectivity index (χ1n) is 6.30. The molecule has 3 N–H and O–H groups in total. The molecule has 1 aromatic carbocycles. The molecule has 0 aliphatic heterocycles. The second kappa shape index (κ2) is 8.23. The minimum Gasteiger partial charge on any atom is -0.380 e. The molecular formula is C14H24N2O. The average Bonchev–Trinajstić information content (AvgIpc) is 2.36. The summed E-state index contributed by atoms with van der Waals surface area (Å²) < 4.78 is 5.10. The van der Waals surface area contributed by atoms with Crippen LogP contribution in [-0.2, 0) is 11.3 Å². The van der Waals surface area contributed by atoms with Gasteiger partial charge in [0.25, 0.3) is 0 Å². The molecule has 0 amide bonds. The van der Waals surface area contributed by atoms with E-state index in [0.29, 0.717) is 19.1 Å². The van der Waals surface area contributed by atoms with Gasteiger partial charge in [-0.2, -0.15) is 0 Å². The fourth-order valence-electron chi connectivity index (χ4n) is 1.93. The van der Waals surface area contributed by atoms with E-state index in [4.69, 9.17) is 10.5 Å². The van der Waals surface area contributed by atoms with Crippen molar-refractivity contribution < 1.29 is 4.74 Å². The first-order valence-corrected chi connectivity index (χ1v) is 6.30. The van der Waals surface area contributed by atoms with Crippen molar-refractivity contribution in [1.29, 1.82) is 0 Å².